The summed E-state index contributed by atoms with van der Waals surface area (Å²) in [5.74, 6) is 0.808. The molecule has 0 saturated carbocycles. The predicted molar refractivity (Wildman–Crippen MR) is 140 cm³/mol. The highest BCUT2D eigenvalue weighted by molar-refractivity contribution is 7.89. The van der Waals surface area contributed by atoms with E-state index in [-0.39, 0.29) is 17.0 Å². The second-order valence-electron chi connectivity index (χ2n) is 8.08. The van der Waals surface area contributed by atoms with E-state index in [4.69, 9.17) is 23.7 Å². The molecule has 0 heterocycles. The molecule has 0 fully saturated rings. The van der Waals surface area contributed by atoms with E-state index in [1.807, 2.05) is 0 Å². The molecule has 3 aromatic rings. The van der Waals surface area contributed by atoms with Gasteiger partial charge >= 0.3 is 5.97 Å². The minimum atomic E-state index is -4.25. The van der Waals surface area contributed by atoms with Crippen LogP contribution in [0.15, 0.2) is 59.5 Å². The minimum absolute atomic E-state index is 0.199. The van der Waals surface area contributed by atoms with Crippen LogP contribution >= 0.6 is 0 Å². The summed E-state index contributed by atoms with van der Waals surface area (Å²) in [5, 5.41) is 11.0. The molecule has 39 heavy (non-hydrogen) atoms. The lowest BCUT2D eigenvalue weighted by molar-refractivity contribution is -0.384. The van der Waals surface area contributed by atoms with Crippen molar-refractivity contribution in [1.82, 2.24) is 4.72 Å². The van der Waals surface area contributed by atoms with Crippen LogP contribution in [0.25, 0.3) is 0 Å². The van der Waals surface area contributed by atoms with Crippen LogP contribution in [0, 0.1) is 10.1 Å². The third-order valence-electron chi connectivity index (χ3n) is 5.89. The molecule has 0 radical (unpaired) electrons. The van der Waals surface area contributed by atoms with Crippen LogP contribution in [0.1, 0.15) is 22.7 Å². The molecule has 1 N–H and O–H groups in total. The largest absolute Gasteiger partial charge is 0.493 e. The van der Waals surface area contributed by atoms with E-state index in [1.165, 1.54) is 35.5 Å². The molecule has 1 atom stereocenters. The lowest BCUT2D eigenvalue weighted by Gasteiger charge is -2.24. The molecule has 0 aliphatic carbocycles. The Morgan fingerprint density at radius 1 is 0.846 bits per heavy atom. The van der Waals surface area contributed by atoms with E-state index in [0.29, 0.717) is 39.7 Å². The van der Waals surface area contributed by atoms with Gasteiger partial charge in [-0.15, -0.1) is 0 Å². The molecule has 208 valence electrons. The van der Waals surface area contributed by atoms with Crippen molar-refractivity contribution < 1.29 is 41.8 Å². The summed E-state index contributed by atoms with van der Waals surface area (Å²) in [6.07, 6.45) is -0.199. The first-order valence-corrected chi connectivity index (χ1v) is 12.9. The summed E-state index contributed by atoms with van der Waals surface area (Å²) in [6, 6.07) is 11.4. The molecule has 0 aromatic heterocycles. The van der Waals surface area contributed by atoms with Crippen molar-refractivity contribution in [2.75, 3.05) is 35.5 Å². The van der Waals surface area contributed by atoms with Gasteiger partial charge in [0.15, 0.2) is 23.0 Å². The van der Waals surface area contributed by atoms with Crippen LogP contribution < -0.4 is 23.7 Å². The van der Waals surface area contributed by atoms with E-state index in [9.17, 15) is 23.3 Å². The average Bonchev–Trinajstić information content (AvgIpc) is 2.95. The summed E-state index contributed by atoms with van der Waals surface area (Å²) < 4.78 is 56.2. The van der Waals surface area contributed by atoms with Crippen molar-refractivity contribution >= 4 is 21.7 Å². The number of ether oxygens (including phenoxy) is 5. The molecule has 0 spiro atoms. The van der Waals surface area contributed by atoms with Gasteiger partial charge in [0.2, 0.25) is 10.0 Å². The van der Waals surface area contributed by atoms with Gasteiger partial charge in [0.25, 0.3) is 5.69 Å². The van der Waals surface area contributed by atoms with Crippen molar-refractivity contribution in [3.63, 3.8) is 0 Å². The van der Waals surface area contributed by atoms with Gasteiger partial charge in [0, 0.05) is 12.1 Å². The van der Waals surface area contributed by atoms with Gasteiger partial charge in [-0.2, -0.15) is 4.72 Å². The van der Waals surface area contributed by atoms with Gasteiger partial charge < -0.3 is 23.7 Å². The SMILES string of the molecule is COC(=O)Cc1cc(OC)c(OC)cc1[C@@H](NS(=O)(=O)c1ccc([N+](=O)[O-])cc1)c1ccc(OC)c(OC)c1. The number of carbonyl (C=O) groups is 1. The number of benzene rings is 3. The van der Waals surface area contributed by atoms with Gasteiger partial charge in [0.1, 0.15) is 0 Å². The Morgan fingerprint density at radius 2 is 1.41 bits per heavy atom. The number of nitro benzene ring substituents is 1. The number of methoxy groups -OCH3 is 5. The van der Waals surface area contributed by atoms with Gasteiger partial charge in [-0.05, 0) is 53.1 Å². The fourth-order valence-corrected chi connectivity index (χ4v) is 5.10. The number of hydrogen-bond acceptors (Lipinski definition) is 10. The Kier molecular flexibility index (Phi) is 9.33. The van der Waals surface area contributed by atoms with E-state index < -0.39 is 27.0 Å². The maximum atomic E-state index is 13.5. The van der Waals surface area contributed by atoms with Crippen molar-refractivity contribution in [3.05, 3.63) is 81.4 Å². The summed E-state index contributed by atoms with van der Waals surface area (Å²) in [6.45, 7) is 0. The Morgan fingerprint density at radius 3 is 1.95 bits per heavy atom. The molecule has 0 bridgehead atoms. The molecule has 0 aliphatic heterocycles. The summed E-state index contributed by atoms with van der Waals surface area (Å²) in [5.41, 5.74) is 0.962. The molecule has 0 unspecified atom stereocenters. The van der Waals surface area contributed by atoms with Gasteiger partial charge in [0.05, 0.1) is 57.8 Å². The van der Waals surface area contributed by atoms with Crippen LogP contribution in [0.3, 0.4) is 0 Å². The summed E-state index contributed by atoms with van der Waals surface area (Å²) in [7, 11) is 2.76. The van der Waals surface area contributed by atoms with Gasteiger partial charge in [-0.25, -0.2) is 8.42 Å². The molecular formula is C26H28N2O10S. The number of esters is 1. The van der Waals surface area contributed by atoms with Crippen LogP contribution in [-0.4, -0.2) is 54.9 Å². The molecule has 3 aromatic carbocycles. The topological polar surface area (TPSA) is 153 Å². The average molecular weight is 561 g/mol. The first kappa shape index (κ1) is 29.2. The Hall–Kier alpha value is -4.36. The Bertz CT molecular complexity index is 1460. The molecule has 13 heteroatoms. The molecule has 0 amide bonds. The molecule has 12 nitrogen and oxygen atoms in total. The zero-order valence-corrected chi connectivity index (χ0v) is 22.7. The molecular weight excluding hydrogens is 532 g/mol. The standard InChI is InChI=1S/C26H28N2O10S/c1-34-21-11-6-16(12-22(21)35-2)26(27-39(32,33)19-9-7-18(8-10-19)28(30)31)20-15-24(37-4)23(36-3)13-17(20)14-25(29)38-5/h6-13,15,26-27H,14H2,1-5H3/t26-/m0/s1. The zero-order valence-electron chi connectivity index (χ0n) is 21.9. The number of sulfonamides is 1. The first-order valence-electron chi connectivity index (χ1n) is 11.4. The predicted octanol–water partition coefficient (Wildman–Crippen LogP) is 3.41. The molecule has 0 aliphatic rings. The Labute approximate surface area is 225 Å². The number of nitrogens with zero attached hydrogens (tertiary/aromatic N) is 1. The lowest BCUT2D eigenvalue weighted by atomic mass is 9.92. The van der Waals surface area contributed by atoms with Crippen LogP contribution in [0.4, 0.5) is 5.69 Å². The van der Waals surface area contributed by atoms with E-state index in [2.05, 4.69) is 4.72 Å². The summed E-state index contributed by atoms with van der Waals surface area (Å²) >= 11 is 0. The van der Waals surface area contributed by atoms with Crippen LogP contribution in [-0.2, 0) is 26.0 Å². The van der Waals surface area contributed by atoms with Crippen molar-refractivity contribution in [1.29, 1.82) is 0 Å². The third-order valence-corrected chi connectivity index (χ3v) is 7.33. The highest BCUT2D eigenvalue weighted by atomic mass is 32.2. The van der Waals surface area contributed by atoms with Crippen molar-refractivity contribution in [3.8, 4) is 23.0 Å². The van der Waals surface area contributed by atoms with Crippen molar-refractivity contribution in [2.24, 2.45) is 0 Å². The normalized spacial score (nSPS) is 11.8. The maximum Gasteiger partial charge on any atom is 0.309 e. The van der Waals surface area contributed by atoms with E-state index >= 15 is 0 Å². The lowest BCUT2D eigenvalue weighted by Crippen LogP contribution is -2.30. The number of carbonyl (C=O) groups excluding carboxylic acids is 1. The third kappa shape index (κ3) is 6.56. The van der Waals surface area contributed by atoms with E-state index in [1.54, 1.807) is 30.3 Å². The Balaban J connectivity index is 2.25. The summed E-state index contributed by atoms with van der Waals surface area (Å²) in [4.78, 5) is 22.5. The molecule has 0 saturated heterocycles. The second-order valence-corrected chi connectivity index (χ2v) is 9.79. The fourth-order valence-electron chi connectivity index (χ4n) is 3.90. The maximum absolute atomic E-state index is 13.5. The minimum Gasteiger partial charge on any atom is -0.493 e. The number of nitro groups is 1. The highest BCUT2D eigenvalue weighted by Crippen LogP contribution is 2.39. The number of non-ortho nitro benzene ring substituents is 1. The highest BCUT2D eigenvalue weighted by Gasteiger charge is 2.28. The fraction of sp³-hybridized carbons (Fsp3) is 0.269. The van der Waals surface area contributed by atoms with Gasteiger partial charge in [-0.3, -0.25) is 14.9 Å². The van der Waals surface area contributed by atoms with Crippen LogP contribution in [0.5, 0.6) is 23.0 Å². The number of nitrogens with one attached hydrogen (secondary N) is 1. The van der Waals surface area contributed by atoms with Gasteiger partial charge in [-0.1, -0.05) is 6.07 Å². The van der Waals surface area contributed by atoms with Crippen LogP contribution in [0.2, 0.25) is 0 Å². The van der Waals surface area contributed by atoms with E-state index in [0.717, 1.165) is 24.3 Å². The molecule has 3 rings (SSSR count). The second kappa shape index (κ2) is 12.5. The number of hydrogen-bond donors (Lipinski definition) is 1. The zero-order chi connectivity index (χ0) is 28.7. The number of rotatable bonds is 12. The monoisotopic (exact) mass is 560 g/mol. The quantitative estimate of drug-likeness (QED) is 0.198. The first-order chi connectivity index (χ1) is 18.6. The van der Waals surface area contributed by atoms with Crippen molar-refractivity contribution in [2.45, 2.75) is 17.4 Å². The smallest absolute Gasteiger partial charge is 0.309 e.